The van der Waals surface area contributed by atoms with Gasteiger partial charge in [0.2, 0.25) is 0 Å². The van der Waals surface area contributed by atoms with Crippen LogP contribution >= 0.6 is 0 Å². The Morgan fingerprint density at radius 2 is 1.86 bits per heavy atom. The lowest BCUT2D eigenvalue weighted by atomic mass is 10.1. The van der Waals surface area contributed by atoms with Gasteiger partial charge in [0.25, 0.3) is 0 Å². The van der Waals surface area contributed by atoms with E-state index >= 15 is 0 Å². The lowest BCUT2D eigenvalue weighted by Crippen LogP contribution is -2.14. The molecule has 5 nitrogen and oxygen atoms in total. The SMILES string of the molecule is O=C1CCCCc2cn(Cc3nnc4n3CCCC4)cc21. The molecule has 0 amide bonds. The average Bonchev–Trinajstić information content (AvgIpc) is 3.05. The van der Waals surface area contributed by atoms with E-state index in [0.29, 0.717) is 18.7 Å². The predicted octanol–water partition coefficient (Wildman–Crippen LogP) is 2.37. The molecular formula is C16H20N4O. The quantitative estimate of drug-likeness (QED) is 0.796. The van der Waals surface area contributed by atoms with Crippen molar-refractivity contribution in [2.24, 2.45) is 0 Å². The Bertz CT molecular complexity index is 683. The van der Waals surface area contributed by atoms with E-state index in [-0.39, 0.29) is 0 Å². The summed E-state index contributed by atoms with van der Waals surface area (Å²) in [6, 6.07) is 0. The third-order valence-corrected chi connectivity index (χ3v) is 4.62. The molecule has 0 atom stereocenters. The summed E-state index contributed by atoms with van der Waals surface area (Å²) in [6.45, 7) is 1.74. The molecule has 0 aromatic carbocycles. The zero-order valence-corrected chi connectivity index (χ0v) is 12.2. The molecule has 5 heteroatoms. The molecular weight excluding hydrogens is 264 g/mol. The summed E-state index contributed by atoms with van der Waals surface area (Å²) in [5, 5.41) is 8.64. The van der Waals surface area contributed by atoms with Crippen molar-refractivity contribution < 1.29 is 4.79 Å². The largest absolute Gasteiger partial charge is 0.346 e. The molecule has 0 spiro atoms. The van der Waals surface area contributed by atoms with Gasteiger partial charge in [-0.25, -0.2) is 0 Å². The topological polar surface area (TPSA) is 52.7 Å². The van der Waals surface area contributed by atoms with Gasteiger partial charge >= 0.3 is 0 Å². The number of Topliss-reactive ketones (excluding diaryl/α,β-unsaturated/α-hetero) is 1. The van der Waals surface area contributed by atoms with Crippen molar-refractivity contribution in [1.82, 2.24) is 19.3 Å². The van der Waals surface area contributed by atoms with Crippen LogP contribution in [0.1, 0.15) is 59.7 Å². The third-order valence-electron chi connectivity index (χ3n) is 4.62. The summed E-state index contributed by atoms with van der Waals surface area (Å²) in [6.07, 6.45) is 11.4. The van der Waals surface area contributed by atoms with Crippen molar-refractivity contribution in [1.29, 1.82) is 0 Å². The zero-order valence-electron chi connectivity index (χ0n) is 12.2. The van der Waals surface area contributed by atoms with Gasteiger partial charge in [0.1, 0.15) is 5.82 Å². The van der Waals surface area contributed by atoms with Crippen LogP contribution in [0.15, 0.2) is 12.4 Å². The highest BCUT2D eigenvalue weighted by Crippen LogP contribution is 2.22. The highest BCUT2D eigenvalue weighted by molar-refractivity contribution is 5.97. The Morgan fingerprint density at radius 3 is 2.81 bits per heavy atom. The first-order chi connectivity index (χ1) is 10.3. The number of hydrogen-bond donors (Lipinski definition) is 0. The molecule has 0 N–H and O–H groups in total. The normalized spacial score (nSPS) is 18.2. The molecule has 2 aromatic heterocycles. The molecule has 0 unspecified atom stereocenters. The Balaban J connectivity index is 1.62. The number of fused-ring (bicyclic) bond motifs is 2. The number of nitrogens with zero attached hydrogens (tertiary/aromatic N) is 4. The Morgan fingerprint density at radius 1 is 1.00 bits per heavy atom. The molecule has 0 saturated carbocycles. The Kier molecular flexibility index (Phi) is 3.13. The number of aromatic nitrogens is 4. The van der Waals surface area contributed by atoms with Crippen LogP contribution in [0.5, 0.6) is 0 Å². The van der Waals surface area contributed by atoms with Crippen molar-refractivity contribution in [2.75, 3.05) is 0 Å². The molecule has 0 fully saturated rings. The highest BCUT2D eigenvalue weighted by atomic mass is 16.1. The van der Waals surface area contributed by atoms with E-state index in [9.17, 15) is 4.79 Å². The summed E-state index contributed by atoms with van der Waals surface area (Å²) < 4.78 is 4.36. The van der Waals surface area contributed by atoms with Gasteiger partial charge in [-0.05, 0) is 37.7 Å². The number of hydrogen-bond acceptors (Lipinski definition) is 3. The first-order valence-corrected chi connectivity index (χ1v) is 7.94. The van der Waals surface area contributed by atoms with Gasteiger partial charge in [0.15, 0.2) is 11.6 Å². The van der Waals surface area contributed by atoms with E-state index in [1.807, 2.05) is 6.20 Å². The number of carbonyl (C=O) groups excluding carboxylic acids is 1. The minimum atomic E-state index is 0.296. The first-order valence-electron chi connectivity index (χ1n) is 7.94. The fraction of sp³-hybridized carbons (Fsp3) is 0.562. The van der Waals surface area contributed by atoms with Crippen LogP contribution in [0.25, 0.3) is 0 Å². The second kappa shape index (κ2) is 5.13. The second-order valence-electron chi connectivity index (χ2n) is 6.14. The van der Waals surface area contributed by atoms with E-state index in [2.05, 4.69) is 25.5 Å². The fourth-order valence-electron chi connectivity index (χ4n) is 3.48. The molecule has 0 bridgehead atoms. The van der Waals surface area contributed by atoms with E-state index in [1.165, 1.54) is 18.4 Å². The molecule has 2 aliphatic rings. The number of aryl methyl sites for hydroxylation is 2. The number of rotatable bonds is 2. The van der Waals surface area contributed by atoms with Crippen LogP contribution in [0.3, 0.4) is 0 Å². The van der Waals surface area contributed by atoms with E-state index in [0.717, 1.165) is 49.4 Å². The lowest BCUT2D eigenvalue weighted by molar-refractivity contribution is 0.0982. The van der Waals surface area contributed by atoms with Crippen LogP contribution in [0, 0.1) is 0 Å². The molecule has 4 rings (SSSR count). The van der Waals surface area contributed by atoms with Crippen LogP contribution in [0.4, 0.5) is 0 Å². The third kappa shape index (κ3) is 2.30. The van der Waals surface area contributed by atoms with E-state index < -0.39 is 0 Å². The van der Waals surface area contributed by atoms with Gasteiger partial charge in [-0.1, -0.05) is 0 Å². The summed E-state index contributed by atoms with van der Waals surface area (Å²) in [5.74, 6) is 2.42. The molecule has 1 aliphatic heterocycles. The molecule has 2 aromatic rings. The van der Waals surface area contributed by atoms with Crippen molar-refractivity contribution in [2.45, 2.75) is 58.0 Å². The van der Waals surface area contributed by atoms with E-state index in [4.69, 9.17) is 0 Å². The van der Waals surface area contributed by atoms with Crippen molar-refractivity contribution in [3.8, 4) is 0 Å². The van der Waals surface area contributed by atoms with Gasteiger partial charge in [-0.3, -0.25) is 4.79 Å². The summed E-state index contributed by atoms with van der Waals surface area (Å²) in [4.78, 5) is 12.1. The Labute approximate surface area is 124 Å². The maximum absolute atomic E-state index is 12.1. The van der Waals surface area contributed by atoms with Gasteiger partial charge in [-0.2, -0.15) is 0 Å². The van der Waals surface area contributed by atoms with Crippen LogP contribution < -0.4 is 0 Å². The summed E-state index contributed by atoms with van der Waals surface area (Å²) >= 11 is 0. The minimum Gasteiger partial charge on any atom is -0.346 e. The average molecular weight is 284 g/mol. The van der Waals surface area contributed by atoms with E-state index in [1.54, 1.807) is 0 Å². The van der Waals surface area contributed by atoms with Crippen LogP contribution in [0.2, 0.25) is 0 Å². The Hall–Kier alpha value is -1.91. The molecule has 0 radical (unpaired) electrons. The predicted molar refractivity (Wildman–Crippen MR) is 78.4 cm³/mol. The summed E-state index contributed by atoms with van der Waals surface area (Å²) in [5.41, 5.74) is 2.13. The number of ketones is 1. The molecule has 3 heterocycles. The molecule has 21 heavy (non-hydrogen) atoms. The highest BCUT2D eigenvalue weighted by Gasteiger charge is 2.20. The monoisotopic (exact) mass is 284 g/mol. The fourth-order valence-corrected chi connectivity index (χ4v) is 3.48. The molecule has 0 saturated heterocycles. The van der Waals surface area contributed by atoms with Crippen molar-refractivity contribution in [3.63, 3.8) is 0 Å². The van der Waals surface area contributed by atoms with Crippen molar-refractivity contribution in [3.05, 3.63) is 35.2 Å². The van der Waals surface area contributed by atoms with Crippen molar-refractivity contribution >= 4 is 5.78 Å². The maximum Gasteiger partial charge on any atom is 0.164 e. The maximum atomic E-state index is 12.1. The van der Waals surface area contributed by atoms with Crippen LogP contribution in [-0.4, -0.2) is 25.1 Å². The second-order valence-corrected chi connectivity index (χ2v) is 6.14. The smallest absolute Gasteiger partial charge is 0.164 e. The van der Waals surface area contributed by atoms with Crippen LogP contribution in [-0.2, 0) is 25.9 Å². The zero-order chi connectivity index (χ0) is 14.2. The minimum absolute atomic E-state index is 0.296. The number of carbonyl (C=O) groups is 1. The summed E-state index contributed by atoms with van der Waals surface area (Å²) in [7, 11) is 0. The van der Waals surface area contributed by atoms with Gasteiger partial charge < -0.3 is 9.13 Å². The lowest BCUT2D eigenvalue weighted by Gasteiger charge is -2.14. The van der Waals surface area contributed by atoms with Gasteiger partial charge in [-0.15, -0.1) is 10.2 Å². The molecule has 1 aliphatic carbocycles. The first kappa shape index (κ1) is 12.8. The standard InChI is InChI=1S/C16H20N4O/c21-14-6-2-1-5-12-9-19(10-13(12)14)11-16-18-17-15-7-3-4-8-20(15)16/h9-10H,1-8,11H2. The molecule has 110 valence electrons. The van der Waals surface area contributed by atoms with Gasteiger partial charge in [0.05, 0.1) is 6.54 Å². The van der Waals surface area contributed by atoms with Gasteiger partial charge in [0, 0.05) is 37.3 Å².